The van der Waals surface area contributed by atoms with Crippen molar-refractivity contribution >= 4 is 45.3 Å². The van der Waals surface area contributed by atoms with Gasteiger partial charge in [0.1, 0.15) is 22.8 Å². The highest BCUT2D eigenvalue weighted by atomic mass is 79.9. The van der Waals surface area contributed by atoms with Gasteiger partial charge in [-0.05, 0) is 59.1 Å². The minimum atomic E-state index is -4.50. The molecule has 158 valence electrons. The van der Waals surface area contributed by atoms with Crippen molar-refractivity contribution in [2.24, 2.45) is 0 Å². The zero-order valence-electron chi connectivity index (χ0n) is 15.6. The maximum absolute atomic E-state index is 12.8. The van der Waals surface area contributed by atoms with Crippen LogP contribution in [0.15, 0.2) is 40.9 Å². The molecular formula is C20H18BrClF3O3S-. The van der Waals surface area contributed by atoms with E-state index in [4.69, 9.17) is 33.7 Å². The van der Waals surface area contributed by atoms with Gasteiger partial charge in [-0.3, -0.25) is 0 Å². The van der Waals surface area contributed by atoms with Gasteiger partial charge in [0.2, 0.25) is 0 Å². The molecule has 0 bridgehead atoms. The van der Waals surface area contributed by atoms with Crippen LogP contribution in [0.2, 0.25) is 5.02 Å². The van der Waals surface area contributed by atoms with Crippen LogP contribution in [0.5, 0.6) is 17.2 Å². The minimum absolute atomic E-state index is 0.0580. The molecule has 3 nitrogen and oxygen atoms in total. The van der Waals surface area contributed by atoms with E-state index in [1.165, 1.54) is 6.07 Å². The lowest BCUT2D eigenvalue weighted by atomic mass is 9.96. The summed E-state index contributed by atoms with van der Waals surface area (Å²) in [6.45, 7) is 3.74. The maximum atomic E-state index is 12.8. The highest BCUT2D eigenvalue weighted by Crippen LogP contribution is 2.39. The fourth-order valence-electron chi connectivity index (χ4n) is 2.71. The molecule has 29 heavy (non-hydrogen) atoms. The lowest BCUT2D eigenvalue weighted by molar-refractivity contribution is -0.137. The molecule has 2 rings (SSSR count). The van der Waals surface area contributed by atoms with Crippen LogP contribution >= 0.6 is 27.5 Å². The second-order valence-electron chi connectivity index (χ2n) is 6.32. The number of hydrogen-bond acceptors (Lipinski definition) is 4. The van der Waals surface area contributed by atoms with Crippen molar-refractivity contribution in [3.05, 3.63) is 51.5 Å². The molecule has 0 aromatic heterocycles. The average Bonchev–Trinajstić information content (AvgIpc) is 2.64. The number of alkyl halides is 3. The second kappa shape index (κ2) is 9.53. The zero-order valence-corrected chi connectivity index (χ0v) is 18.8. The number of carbonyl (C=O) groups excluding carboxylic acids is 1. The summed E-state index contributed by atoms with van der Waals surface area (Å²) < 4.78 is 50.6. The van der Waals surface area contributed by atoms with Crippen molar-refractivity contribution < 1.29 is 27.4 Å². The topological polar surface area (TPSA) is 35.5 Å². The Kier molecular flexibility index (Phi) is 7.81. The molecule has 0 aliphatic heterocycles. The molecule has 2 aromatic rings. The largest absolute Gasteiger partial charge is 0.738 e. The Morgan fingerprint density at radius 2 is 1.83 bits per heavy atom. The first-order valence-corrected chi connectivity index (χ1v) is 10.3. The van der Waals surface area contributed by atoms with Crippen LogP contribution in [0, 0.1) is 0 Å². The summed E-state index contributed by atoms with van der Waals surface area (Å²) in [5, 5.41) is -0.675. The molecule has 0 spiro atoms. The first-order valence-electron chi connectivity index (χ1n) is 8.77. The number of benzene rings is 2. The molecule has 0 N–H and O–H groups in total. The van der Waals surface area contributed by atoms with Gasteiger partial charge < -0.3 is 26.9 Å². The van der Waals surface area contributed by atoms with Gasteiger partial charge in [-0.15, -0.1) is 0 Å². The van der Waals surface area contributed by atoms with Gasteiger partial charge in [-0.25, -0.2) is 0 Å². The van der Waals surface area contributed by atoms with Crippen LogP contribution in [-0.2, 0) is 23.6 Å². The van der Waals surface area contributed by atoms with Crippen molar-refractivity contribution in [3.8, 4) is 17.2 Å². The summed E-state index contributed by atoms with van der Waals surface area (Å²) in [5.41, 5.74) is -2.01. The summed E-state index contributed by atoms with van der Waals surface area (Å²) in [5.74, 6) is 0.671. The highest BCUT2D eigenvalue weighted by molar-refractivity contribution is 9.10. The van der Waals surface area contributed by atoms with E-state index in [0.29, 0.717) is 29.5 Å². The predicted octanol–water partition coefficient (Wildman–Crippen LogP) is 7.31. The first kappa shape index (κ1) is 23.8. The standard InChI is InChI=1S/C20H19BrClF3O3S/c1-3-9-19(4-2,18(26)29)28-17-11-13(6-7-14(17)21)27-16-8-5-12(10-15(16)22)20(23,24)25/h5-8,10-11H,3-4,9H2,1-2H3,(H,26,29)/p-1. The Balaban J connectivity index is 2.33. The van der Waals surface area contributed by atoms with Gasteiger partial charge in [0, 0.05) is 6.07 Å². The van der Waals surface area contributed by atoms with Crippen LogP contribution in [0.3, 0.4) is 0 Å². The van der Waals surface area contributed by atoms with E-state index in [0.717, 1.165) is 18.2 Å². The van der Waals surface area contributed by atoms with E-state index in [1.807, 2.05) is 13.8 Å². The smallest absolute Gasteiger partial charge is 0.416 e. The third-order valence-corrected chi connectivity index (χ3v) is 5.61. The van der Waals surface area contributed by atoms with E-state index in [-0.39, 0.29) is 16.5 Å². The Hall–Kier alpha value is -1.51. The van der Waals surface area contributed by atoms with E-state index in [1.54, 1.807) is 12.1 Å². The van der Waals surface area contributed by atoms with Crippen LogP contribution in [0.4, 0.5) is 13.2 Å². The summed E-state index contributed by atoms with van der Waals surface area (Å²) in [7, 11) is 0. The van der Waals surface area contributed by atoms with E-state index in [9.17, 15) is 18.0 Å². The quantitative estimate of drug-likeness (QED) is 0.349. The van der Waals surface area contributed by atoms with Gasteiger partial charge in [0.25, 0.3) is 0 Å². The monoisotopic (exact) mass is 509 g/mol. The number of halogens is 5. The van der Waals surface area contributed by atoms with Gasteiger partial charge in [0.05, 0.1) is 20.2 Å². The second-order valence-corrected chi connectivity index (χ2v) is 7.96. The Bertz CT molecular complexity index is 892. The lowest BCUT2D eigenvalue weighted by Gasteiger charge is -2.35. The molecule has 1 unspecified atom stereocenters. The Labute approximate surface area is 186 Å². The Morgan fingerprint density at radius 3 is 2.34 bits per heavy atom. The van der Waals surface area contributed by atoms with Crippen molar-refractivity contribution in [1.82, 2.24) is 0 Å². The third kappa shape index (κ3) is 5.77. The average molecular weight is 511 g/mol. The molecule has 0 amide bonds. The van der Waals surface area contributed by atoms with Crippen LogP contribution in [0.1, 0.15) is 38.7 Å². The third-order valence-electron chi connectivity index (χ3n) is 4.29. The van der Waals surface area contributed by atoms with Gasteiger partial charge in [0.15, 0.2) is 0 Å². The summed E-state index contributed by atoms with van der Waals surface area (Å²) in [4.78, 5) is 12.1. The zero-order chi connectivity index (χ0) is 21.8. The lowest BCUT2D eigenvalue weighted by Crippen LogP contribution is -2.43. The predicted molar refractivity (Wildman–Crippen MR) is 112 cm³/mol. The molecule has 0 aliphatic carbocycles. The molecule has 0 fully saturated rings. The first-order chi connectivity index (χ1) is 13.5. The minimum Gasteiger partial charge on any atom is -0.738 e. The summed E-state index contributed by atoms with van der Waals surface area (Å²) in [6, 6.07) is 7.59. The van der Waals surface area contributed by atoms with E-state index < -0.39 is 22.5 Å². The van der Waals surface area contributed by atoms with E-state index in [2.05, 4.69) is 15.9 Å². The molecule has 0 heterocycles. The number of rotatable bonds is 8. The normalized spacial score (nSPS) is 13.6. The van der Waals surface area contributed by atoms with Gasteiger partial charge in [-0.1, -0.05) is 31.9 Å². The van der Waals surface area contributed by atoms with Gasteiger partial charge >= 0.3 is 6.18 Å². The molecular weight excluding hydrogens is 493 g/mol. The summed E-state index contributed by atoms with van der Waals surface area (Å²) >= 11 is 14.2. The van der Waals surface area contributed by atoms with Crippen LogP contribution in [-0.4, -0.2) is 10.7 Å². The van der Waals surface area contributed by atoms with Crippen molar-refractivity contribution in [1.29, 1.82) is 0 Å². The molecule has 0 aliphatic rings. The van der Waals surface area contributed by atoms with Gasteiger partial charge in [-0.2, -0.15) is 13.2 Å². The van der Waals surface area contributed by atoms with E-state index >= 15 is 0 Å². The van der Waals surface area contributed by atoms with Crippen LogP contribution < -0.4 is 9.47 Å². The summed E-state index contributed by atoms with van der Waals surface area (Å²) in [6.07, 6.45) is -2.95. The fraction of sp³-hybridized carbons (Fsp3) is 0.350. The molecule has 2 aromatic carbocycles. The molecule has 1 atom stereocenters. The van der Waals surface area contributed by atoms with Crippen LogP contribution in [0.25, 0.3) is 0 Å². The van der Waals surface area contributed by atoms with Crippen molar-refractivity contribution in [3.63, 3.8) is 0 Å². The maximum Gasteiger partial charge on any atom is 0.416 e. The number of ether oxygens (including phenoxy) is 2. The SMILES string of the molecule is CCCC(CC)(Oc1cc(Oc2ccc(C(F)(F)F)cc2Cl)ccc1Br)C(=O)[S-]. The fourth-order valence-corrected chi connectivity index (χ4v) is 3.55. The molecule has 0 saturated carbocycles. The number of hydrogen-bond donors (Lipinski definition) is 0. The van der Waals surface area contributed by atoms with Crippen molar-refractivity contribution in [2.45, 2.75) is 44.9 Å². The van der Waals surface area contributed by atoms with Crippen molar-refractivity contribution in [2.75, 3.05) is 0 Å². The highest BCUT2D eigenvalue weighted by Gasteiger charge is 2.32. The number of carbonyl (C=O) groups is 1. The molecule has 9 heteroatoms. The molecule has 0 saturated heterocycles. The molecule has 0 radical (unpaired) electrons. The Morgan fingerprint density at radius 1 is 1.14 bits per heavy atom.